The molecule has 6 nitrogen and oxygen atoms in total. The fraction of sp³-hybridized carbons (Fsp3) is 0.400. The van der Waals surface area contributed by atoms with E-state index in [4.69, 9.17) is 0 Å². The first-order valence-electron chi connectivity index (χ1n) is 9.05. The van der Waals surface area contributed by atoms with E-state index >= 15 is 0 Å². The first kappa shape index (κ1) is 19.7. The van der Waals surface area contributed by atoms with Gasteiger partial charge in [-0.2, -0.15) is 0 Å². The number of para-hydroxylation sites is 1. The van der Waals surface area contributed by atoms with Gasteiger partial charge in [0, 0.05) is 36.3 Å². The minimum absolute atomic E-state index is 0.245. The summed E-state index contributed by atoms with van der Waals surface area (Å²) in [5.74, 6) is -0.652. The van der Waals surface area contributed by atoms with Gasteiger partial charge in [-0.3, -0.25) is 9.59 Å². The number of rotatable bonds is 9. The summed E-state index contributed by atoms with van der Waals surface area (Å²) >= 11 is 0. The van der Waals surface area contributed by atoms with Crippen LogP contribution in [-0.4, -0.2) is 52.5 Å². The molecule has 0 saturated heterocycles. The number of amides is 2. The van der Waals surface area contributed by atoms with Crippen LogP contribution in [0.25, 0.3) is 17.0 Å². The summed E-state index contributed by atoms with van der Waals surface area (Å²) in [6.45, 7) is 4.79. The minimum atomic E-state index is -0.923. The van der Waals surface area contributed by atoms with Gasteiger partial charge in [-0.1, -0.05) is 32.0 Å². The van der Waals surface area contributed by atoms with Crippen molar-refractivity contribution in [2.75, 3.05) is 19.7 Å². The number of H-pyrrole nitrogens is 1. The lowest BCUT2D eigenvalue weighted by atomic mass is 10.1. The average molecular weight is 357 g/mol. The van der Waals surface area contributed by atoms with Gasteiger partial charge >= 0.3 is 0 Å². The maximum absolute atomic E-state index is 12.5. The molecule has 1 aromatic carbocycles. The van der Waals surface area contributed by atoms with E-state index in [0.29, 0.717) is 13.1 Å². The van der Waals surface area contributed by atoms with Gasteiger partial charge in [-0.15, -0.1) is 0 Å². The highest BCUT2D eigenvalue weighted by Crippen LogP contribution is 2.18. The topological polar surface area (TPSA) is 85.4 Å². The van der Waals surface area contributed by atoms with Crippen LogP contribution in [0.1, 0.15) is 32.3 Å². The zero-order valence-corrected chi connectivity index (χ0v) is 15.4. The first-order chi connectivity index (χ1) is 12.6. The SMILES string of the molecule is CCCN(CCC)C(=O)C(CO)NC(=O)C=Cc1c[nH]c2ccccc12. The van der Waals surface area contributed by atoms with Gasteiger partial charge in [0.1, 0.15) is 6.04 Å². The third-order valence-corrected chi connectivity index (χ3v) is 4.13. The number of nitrogens with one attached hydrogen (secondary N) is 2. The maximum atomic E-state index is 12.5. The number of aliphatic hydroxyl groups is 1. The zero-order chi connectivity index (χ0) is 18.9. The Kier molecular flexibility index (Phi) is 7.41. The van der Waals surface area contributed by atoms with Gasteiger partial charge in [0.25, 0.3) is 0 Å². The molecule has 0 aliphatic rings. The van der Waals surface area contributed by atoms with Crippen LogP contribution in [0.5, 0.6) is 0 Å². The van der Waals surface area contributed by atoms with E-state index < -0.39 is 18.6 Å². The molecule has 6 heteroatoms. The first-order valence-corrected chi connectivity index (χ1v) is 9.05. The number of hydrogen-bond donors (Lipinski definition) is 3. The van der Waals surface area contributed by atoms with Crippen molar-refractivity contribution in [1.29, 1.82) is 0 Å². The van der Waals surface area contributed by atoms with E-state index in [2.05, 4.69) is 10.3 Å². The van der Waals surface area contributed by atoms with Crippen molar-refractivity contribution in [3.05, 3.63) is 42.1 Å². The van der Waals surface area contributed by atoms with Crippen molar-refractivity contribution in [3.63, 3.8) is 0 Å². The van der Waals surface area contributed by atoms with Crippen molar-refractivity contribution in [2.45, 2.75) is 32.7 Å². The Balaban J connectivity index is 2.03. The highest BCUT2D eigenvalue weighted by molar-refractivity contribution is 5.98. The molecule has 26 heavy (non-hydrogen) atoms. The molecule has 2 rings (SSSR count). The van der Waals surface area contributed by atoms with Crippen molar-refractivity contribution in [3.8, 4) is 0 Å². The fourth-order valence-electron chi connectivity index (χ4n) is 2.90. The van der Waals surface area contributed by atoms with Crippen LogP contribution in [0.4, 0.5) is 0 Å². The molecule has 2 amide bonds. The smallest absolute Gasteiger partial charge is 0.247 e. The number of aromatic nitrogens is 1. The third kappa shape index (κ3) is 4.95. The van der Waals surface area contributed by atoms with E-state index in [1.54, 1.807) is 11.0 Å². The molecule has 0 aliphatic heterocycles. The molecule has 1 heterocycles. The molecular formula is C20H27N3O3. The summed E-state index contributed by atoms with van der Waals surface area (Å²) in [7, 11) is 0. The molecule has 0 spiro atoms. The number of fused-ring (bicyclic) bond motifs is 1. The summed E-state index contributed by atoms with van der Waals surface area (Å²) in [6.07, 6.45) is 6.57. The van der Waals surface area contributed by atoms with Crippen molar-refractivity contribution in [1.82, 2.24) is 15.2 Å². The standard InChI is InChI=1S/C20H27N3O3/c1-3-11-23(12-4-2)20(26)18(14-24)22-19(25)10-9-15-13-21-17-8-6-5-7-16(15)17/h5-10,13,18,21,24H,3-4,11-12,14H2,1-2H3,(H,22,25). The van der Waals surface area contributed by atoms with Crippen molar-refractivity contribution < 1.29 is 14.7 Å². The molecule has 0 saturated carbocycles. The van der Waals surface area contributed by atoms with Gasteiger partial charge in [0.05, 0.1) is 6.61 Å². The summed E-state index contributed by atoms with van der Waals surface area (Å²) in [4.78, 5) is 29.5. The Morgan fingerprint density at radius 1 is 1.23 bits per heavy atom. The number of aromatic amines is 1. The Labute approximate surface area is 153 Å². The van der Waals surface area contributed by atoms with Crippen molar-refractivity contribution >= 4 is 28.8 Å². The highest BCUT2D eigenvalue weighted by atomic mass is 16.3. The molecule has 1 aromatic heterocycles. The van der Waals surface area contributed by atoms with Gasteiger partial charge < -0.3 is 20.3 Å². The summed E-state index contributed by atoms with van der Waals surface area (Å²) in [5.41, 5.74) is 1.88. The summed E-state index contributed by atoms with van der Waals surface area (Å²) in [5, 5.41) is 13.1. The largest absolute Gasteiger partial charge is 0.394 e. The number of aliphatic hydroxyl groups excluding tert-OH is 1. The minimum Gasteiger partial charge on any atom is -0.394 e. The molecule has 3 N–H and O–H groups in total. The molecule has 0 aliphatic carbocycles. The van der Waals surface area contributed by atoms with Crippen LogP contribution in [0.2, 0.25) is 0 Å². The molecular weight excluding hydrogens is 330 g/mol. The molecule has 0 fully saturated rings. The second-order valence-electron chi connectivity index (χ2n) is 6.19. The molecule has 1 atom stereocenters. The number of carbonyl (C=O) groups excluding carboxylic acids is 2. The van der Waals surface area contributed by atoms with Gasteiger partial charge in [0.2, 0.25) is 11.8 Å². The zero-order valence-electron chi connectivity index (χ0n) is 15.4. The van der Waals surface area contributed by atoms with Crippen LogP contribution in [0.3, 0.4) is 0 Å². The Morgan fingerprint density at radius 3 is 2.58 bits per heavy atom. The molecule has 1 unspecified atom stereocenters. The maximum Gasteiger partial charge on any atom is 0.247 e. The van der Waals surface area contributed by atoms with Gasteiger partial charge in [0.15, 0.2) is 0 Å². The van der Waals surface area contributed by atoms with E-state index in [0.717, 1.165) is 29.3 Å². The van der Waals surface area contributed by atoms with E-state index in [9.17, 15) is 14.7 Å². The monoisotopic (exact) mass is 357 g/mol. The van der Waals surface area contributed by atoms with Crippen LogP contribution in [0.15, 0.2) is 36.5 Å². The van der Waals surface area contributed by atoms with Crippen LogP contribution in [0, 0.1) is 0 Å². The van der Waals surface area contributed by atoms with Crippen molar-refractivity contribution in [2.24, 2.45) is 0 Å². The third-order valence-electron chi connectivity index (χ3n) is 4.13. The lowest BCUT2D eigenvalue weighted by Crippen LogP contribution is -2.50. The number of carbonyl (C=O) groups is 2. The average Bonchev–Trinajstić information content (AvgIpc) is 3.07. The van der Waals surface area contributed by atoms with Crippen LogP contribution in [-0.2, 0) is 9.59 Å². The normalized spacial score (nSPS) is 12.4. The molecule has 2 aromatic rings. The summed E-state index contributed by atoms with van der Waals surface area (Å²) < 4.78 is 0. The lowest BCUT2D eigenvalue weighted by molar-refractivity contribution is -0.136. The van der Waals surface area contributed by atoms with E-state index in [1.807, 2.05) is 44.3 Å². The quantitative estimate of drug-likeness (QED) is 0.602. The Morgan fingerprint density at radius 2 is 1.92 bits per heavy atom. The van der Waals surface area contributed by atoms with Crippen LogP contribution >= 0.6 is 0 Å². The second-order valence-corrected chi connectivity index (χ2v) is 6.19. The number of benzene rings is 1. The predicted octanol–water partition coefficient (Wildman–Crippen LogP) is 2.31. The van der Waals surface area contributed by atoms with E-state index in [1.165, 1.54) is 6.08 Å². The molecule has 140 valence electrons. The number of nitrogens with zero attached hydrogens (tertiary/aromatic N) is 1. The van der Waals surface area contributed by atoms with Gasteiger partial charge in [-0.05, 0) is 30.5 Å². The Bertz CT molecular complexity index is 761. The van der Waals surface area contributed by atoms with E-state index in [-0.39, 0.29) is 5.91 Å². The summed E-state index contributed by atoms with van der Waals surface area (Å²) in [6, 6.07) is 6.88. The molecule has 0 bridgehead atoms. The lowest BCUT2D eigenvalue weighted by Gasteiger charge is -2.26. The Hall–Kier alpha value is -2.60. The number of hydrogen-bond acceptors (Lipinski definition) is 3. The predicted molar refractivity (Wildman–Crippen MR) is 104 cm³/mol. The van der Waals surface area contributed by atoms with Gasteiger partial charge in [-0.25, -0.2) is 0 Å². The second kappa shape index (κ2) is 9.77. The molecule has 0 radical (unpaired) electrons. The fourth-order valence-corrected chi connectivity index (χ4v) is 2.90. The highest BCUT2D eigenvalue weighted by Gasteiger charge is 2.23. The van der Waals surface area contributed by atoms with Crippen LogP contribution < -0.4 is 5.32 Å².